The SMILES string of the molecule is C[C@@H]1[C@@H](C)CCC[C@H]1N[C@@H](C)C(=O)c1c[nH]c2ccccc12. The van der Waals surface area contributed by atoms with Crippen molar-refractivity contribution in [3.05, 3.63) is 36.0 Å². The summed E-state index contributed by atoms with van der Waals surface area (Å²) >= 11 is 0. The molecule has 0 radical (unpaired) electrons. The molecule has 1 fully saturated rings. The number of hydrogen-bond acceptors (Lipinski definition) is 2. The highest BCUT2D eigenvalue weighted by Gasteiger charge is 2.29. The smallest absolute Gasteiger partial charge is 0.181 e. The first kappa shape index (κ1) is 15.3. The first-order chi connectivity index (χ1) is 10.6. The molecule has 1 saturated carbocycles. The molecule has 0 aliphatic heterocycles. The van der Waals surface area contributed by atoms with Crippen LogP contribution in [0.25, 0.3) is 10.9 Å². The molecule has 0 saturated heterocycles. The zero-order chi connectivity index (χ0) is 15.7. The van der Waals surface area contributed by atoms with Crippen LogP contribution in [0.3, 0.4) is 0 Å². The quantitative estimate of drug-likeness (QED) is 0.833. The van der Waals surface area contributed by atoms with Gasteiger partial charge in [0.1, 0.15) is 0 Å². The van der Waals surface area contributed by atoms with Crippen molar-refractivity contribution in [1.29, 1.82) is 0 Å². The molecular weight excluding hydrogens is 272 g/mol. The Morgan fingerprint density at radius 2 is 2.05 bits per heavy atom. The average Bonchev–Trinajstić information content (AvgIpc) is 2.95. The van der Waals surface area contributed by atoms with Gasteiger partial charge in [0.05, 0.1) is 6.04 Å². The number of para-hydroxylation sites is 1. The van der Waals surface area contributed by atoms with E-state index in [-0.39, 0.29) is 11.8 Å². The van der Waals surface area contributed by atoms with Crippen LogP contribution in [-0.2, 0) is 0 Å². The minimum Gasteiger partial charge on any atom is -0.360 e. The van der Waals surface area contributed by atoms with E-state index in [9.17, 15) is 4.79 Å². The molecule has 0 amide bonds. The molecule has 0 spiro atoms. The van der Waals surface area contributed by atoms with Gasteiger partial charge in [0.15, 0.2) is 5.78 Å². The Morgan fingerprint density at radius 1 is 1.27 bits per heavy atom. The fraction of sp³-hybridized carbons (Fsp3) is 0.526. The zero-order valence-electron chi connectivity index (χ0n) is 13.7. The summed E-state index contributed by atoms with van der Waals surface area (Å²) in [5.41, 5.74) is 1.82. The molecule has 1 aliphatic carbocycles. The van der Waals surface area contributed by atoms with E-state index in [0.29, 0.717) is 12.0 Å². The summed E-state index contributed by atoms with van der Waals surface area (Å²) < 4.78 is 0. The predicted molar refractivity (Wildman–Crippen MR) is 91.2 cm³/mol. The lowest BCUT2D eigenvalue weighted by molar-refractivity contribution is 0.0924. The molecule has 0 unspecified atom stereocenters. The van der Waals surface area contributed by atoms with Crippen LogP contribution in [-0.4, -0.2) is 22.9 Å². The van der Waals surface area contributed by atoms with Gasteiger partial charge in [-0.3, -0.25) is 4.79 Å². The number of Topliss-reactive ketones (excluding diaryl/α,β-unsaturated/α-hetero) is 1. The van der Waals surface area contributed by atoms with Gasteiger partial charge in [-0.2, -0.15) is 0 Å². The van der Waals surface area contributed by atoms with E-state index in [2.05, 4.69) is 24.1 Å². The van der Waals surface area contributed by atoms with E-state index >= 15 is 0 Å². The summed E-state index contributed by atoms with van der Waals surface area (Å²) in [6, 6.07) is 8.30. The third-order valence-electron chi connectivity index (χ3n) is 5.42. The molecule has 4 atom stereocenters. The van der Waals surface area contributed by atoms with Crippen molar-refractivity contribution < 1.29 is 4.79 Å². The number of benzene rings is 1. The van der Waals surface area contributed by atoms with Gasteiger partial charge in [0.25, 0.3) is 0 Å². The lowest BCUT2D eigenvalue weighted by Gasteiger charge is -2.36. The van der Waals surface area contributed by atoms with E-state index in [0.717, 1.165) is 22.4 Å². The van der Waals surface area contributed by atoms with Crippen LogP contribution in [0.5, 0.6) is 0 Å². The molecule has 1 aromatic carbocycles. The highest BCUT2D eigenvalue weighted by molar-refractivity contribution is 6.10. The van der Waals surface area contributed by atoms with Crippen molar-refractivity contribution in [2.75, 3.05) is 0 Å². The second kappa shape index (κ2) is 6.25. The third-order valence-corrected chi connectivity index (χ3v) is 5.42. The molecule has 3 heteroatoms. The lowest BCUT2D eigenvalue weighted by Crippen LogP contribution is -2.47. The van der Waals surface area contributed by atoms with Crippen LogP contribution in [0.2, 0.25) is 0 Å². The van der Waals surface area contributed by atoms with E-state index in [1.54, 1.807) is 0 Å². The number of aromatic nitrogens is 1. The number of carbonyl (C=O) groups excluding carboxylic acids is 1. The minimum absolute atomic E-state index is 0.142. The van der Waals surface area contributed by atoms with E-state index in [1.165, 1.54) is 19.3 Å². The Hall–Kier alpha value is -1.61. The normalized spacial score (nSPS) is 27.0. The van der Waals surface area contributed by atoms with Crippen molar-refractivity contribution >= 4 is 16.7 Å². The maximum atomic E-state index is 12.8. The number of rotatable bonds is 4. The highest BCUT2D eigenvalue weighted by atomic mass is 16.1. The first-order valence-electron chi connectivity index (χ1n) is 8.44. The van der Waals surface area contributed by atoms with Gasteiger partial charge in [0, 0.05) is 28.7 Å². The standard InChI is InChI=1S/C19H26N2O/c1-12-7-6-10-17(13(12)2)21-14(3)19(22)16-11-20-18-9-5-4-8-15(16)18/h4-5,8-9,11-14,17,20-21H,6-7,10H2,1-3H3/t12-,13+,14-,17+/m0/s1. The van der Waals surface area contributed by atoms with Crippen molar-refractivity contribution in [3.8, 4) is 0 Å². The summed E-state index contributed by atoms with van der Waals surface area (Å²) in [5.74, 6) is 1.55. The van der Waals surface area contributed by atoms with Crippen molar-refractivity contribution in [1.82, 2.24) is 10.3 Å². The van der Waals surface area contributed by atoms with Crippen molar-refractivity contribution in [2.45, 2.75) is 52.1 Å². The fourth-order valence-corrected chi connectivity index (χ4v) is 3.72. The predicted octanol–water partition coefficient (Wildman–Crippen LogP) is 4.15. The molecule has 1 aliphatic rings. The Kier molecular flexibility index (Phi) is 4.34. The van der Waals surface area contributed by atoms with E-state index < -0.39 is 0 Å². The molecule has 1 heterocycles. The van der Waals surface area contributed by atoms with Gasteiger partial charge < -0.3 is 10.3 Å². The Morgan fingerprint density at radius 3 is 2.86 bits per heavy atom. The Labute approximate surface area is 132 Å². The molecule has 2 N–H and O–H groups in total. The van der Waals surface area contributed by atoms with Crippen molar-refractivity contribution in [3.63, 3.8) is 0 Å². The van der Waals surface area contributed by atoms with Crippen LogP contribution in [0.15, 0.2) is 30.5 Å². The summed E-state index contributed by atoms with van der Waals surface area (Å²) in [5, 5.41) is 4.61. The zero-order valence-corrected chi connectivity index (χ0v) is 13.7. The van der Waals surface area contributed by atoms with Gasteiger partial charge in [0.2, 0.25) is 0 Å². The summed E-state index contributed by atoms with van der Waals surface area (Å²) in [7, 11) is 0. The first-order valence-corrected chi connectivity index (χ1v) is 8.44. The number of fused-ring (bicyclic) bond motifs is 1. The summed E-state index contributed by atoms with van der Waals surface area (Å²) in [6.45, 7) is 6.63. The molecule has 3 nitrogen and oxygen atoms in total. The summed E-state index contributed by atoms with van der Waals surface area (Å²) in [6.07, 6.45) is 5.59. The van der Waals surface area contributed by atoms with Gasteiger partial charge in [-0.15, -0.1) is 0 Å². The summed E-state index contributed by atoms with van der Waals surface area (Å²) in [4.78, 5) is 16.0. The lowest BCUT2D eigenvalue weighted by atomic mass is 9.77. The molecular formula is C19H26N2O. The van der Waals surface area contributed by atoms with Crippen LogP contribution in [0, 0.1) is 11.8 Å². The van der Waals surface area contributed by atoms with Gasteiger partial charge >= 0.3 is 0 Å². The van der Waals surface area contributed by atoms with E-state index in [4.69, 9.17) is 0 Å². The number of carbonyl (C=O) groups is 1. The molecule has 1 aromatic heterocycles. The molecule has 22 heavy (non-hydrogen) atoms. The molecule has 0 bridgehead atoms. The number of H-pyrrole nitrogens is 1. The van der Waals surface area contributed by atoms with Gasteiger partial charge in [-0.25, -0.2) is 0 Å². The maximum absolute atomic E-state index is 12.8. The maximum Gasteiger partial charge on any atom is 0.181 e. The molecule has 3 rings (SSSR count). The third kappa shape index (κ3) is 2.82. The van der Waals surface area contributed by atoms with Crippen LogP contribution >= 0.6 is 0 Å². The molecule has 118 valence electrons. The van der Waals surface area contributed by atoms with Crippen LogP contribution in [0.1, 0.15) is 50.4 Å². The Balaban J connectivity index is 1.74. The second-order valence-electron chi connectivity index (χ2n) is 6.87. The number of hydrogen-bond donors (Lipinski definition) is 2. The molecule has 2 aromatic rings. The fourth-order valence-electron chi connectivity index (χ4n) is 3.72. The second-order valence-corrected chi connectivity index (χ2v) is 6.87. The number of ketones is 1. The monoisotopic (exact) mass is 298 g/mol. The topological polar surface area (TPSA) is 44.9 Å². The minimum atomic E-state index is -0.142. The number of nitrogens with one attached hydrogen (secondary N) is 2. The van der Waals surface area contributed by atoms with Gasteiger partial charge in [-0.1, -0.05) is 44.9 Å². The van der Waals surface area contributed by atoms with Crippen LogP contribution in [0.4, 0.5) is 0 Å². The van der Waals surface area contributed by atoms with Crippen LogP contribution < -0.4 is 5.32 Å². The number of aromatic amines is 1. The van der Waals surface area contributed by atoms with Crippen molar-refractivity contribution in [2.24, 2.45) is 11.8 Å². The highest BCUT2D eigenvalue weighted by Crippen LogP contribution is 2.30. The largest absolute Gasteiger partial charge is 0.360 e. The average molecular weight is 298 g/mol. The Bertz CT molecular complexity index is 660. The van der Waals surface area contributed by atoms with E-state index in [1.807, 2.05) is 37.4 Å². The van der Waals surface area contributed by atoms with Gasteiger partial charge in [-0.05, 0) is 31.2 Å².